The van der Waals surface area contributed by atoms with E-state index in [-0.39, 0.29) is 18.2 Å². The number of hydrogen-bond donors (Lipinski definition) is 0. The summed E-state index contributed by atoms with van der Waals surface area (Å²) in [5, 5.41) is 0. The van der Waals surface area contributed by atoms with Gasteiger partial charge < -0.3 is 4.74 Å². The molecule has 0 heterocycles. The van der Waals surface area contributed by atoms with E-state index in [2.05, 4.69) is 12.1 Å². The predicted octanol–water partition coefficient (Wildman–Crippen LogP) is 7.69. The Balaban J connectivity index is 1.56. The Kier molecular flexibility index (Phi) is 7.93. The molecule has 1 nitrogen and oxygen atoms in total. The molecule has 0 radical (unpaired) electrons. The molecule has 164 valence electrons. The smallest absolute Gasteiger partial charge is 0.385 e. The van der Waals surface area contributed by atoms with E-state index in [1.165, 1.54) is 5.56 Å². The van der Waals surface area contributed by atoms with Crippen LogP contribution in [0.4, 0.5) is 17.6 Å². The minimum Gasteiger partial charge on any atom is -0.385 e. The van der Waals surface area contributed by atoms with Crippen molar-refractivity contribution in [3.8, 4) is 11.1 Å². The van der Waals surface area contributed by atoms with Crippen LogP contribution in [-0.2, 0) is 11.2 Å². The Hall–Kier alpha value is -1.88. The highest BCUT2D eigenvalue weighted by molar-refractivity contribution is 5.64. The van der Waals surface area contributed by atoms with Crippen molar-refractivity contribution in [2.45, 2.75) is 63.5 Å². The molecule has 0 bridgehead atoms. The van der Waals surface area contributed by atoms with Gasteiger partial charge in [0.15, 0.2) is 0 Å². The summed E-state index contributed by atoms with van der Waals surface area (Å²) in [5.41, 5.74) is 3.75. The molecular weight excluding hydrogens is 392 g/mol. The lowest BCUT2D eigenvalue weighted by molar-refractivity contribution is -0.138. The second-order valence-corrected chi connectivity index (χ2v) is 8.40. The summed E-state index contributed by atoms with van der Waals surface area (Å²) in [5.74, 6) is 0.401. The Morgan fingerprint density at radius 1 is 0.933 bits per heavy atom. The first kappa shape index (κ1) is 22.8. The van der Waals surface area contributed by atoms with Gasteiger partial charge >= 0.3 is 6.18 Å². The van der Waals surface area contributed by atoms with Crippen molar-refractivity contribution in [3.05, 3.63) is 59.4 Å². The van der Waals surface area contributed by atoms with Gasteiger partial charge in [0.1, 0.15) is 5.82 Å². The quantitative estimate of drug-likeness (QED) is 0.313. The monoisotopic (exact) mass is 422 g/mol. The summed E-state index contributed by atoms with van der Waals surface area (Å²) < 4.78 is 56.7. The molecule has 1 aliphatic carbocycles. The van der Waals surface area contributed by atoms with Gasteiger partial charge in [0.25, 0.3) is 0 Å². The second-order valence-electron chi connectivity index (χ2n) is 8.40. The van der Waals surface area contributed by atoms with Gasteiger partial charge in [-0.05, 0) is 85.1 Å². The van der Waals surface area contributed by atoms with Crippen molar-refractivity contribution in [1.82, 2.24) is 0 Å². The molecule has 2 aromatic rings. The zero-order chi connectivity index (χ0) is 21.6. The number of halogens is 4. The number of benzene rings is 2. The Morgan fingerprint density at radius 2 is 1.60 bits per heavy atom. The van der Waals surface area contributed by atoms with E-state index in [9.17, 15) is 17.6 Å². The first-order valence-corrected chi connectivity index (χ1v) is 10.8. The predicted molar refractivity (Wildman–Crippen MR) is 112 cm³/mol. The Morgan fingerprint density at radius 3 is 2.20 bits per heavy atom. The third-order valence-corrected chi connectivity index (χ3v) is 6.25. The minimum atomic E-state index is -4.05. The molecule has 3 rings (SSSR count). The zero-order valence-corrected chi connectivity index (χ0v) is 17.5. The molecule has 0 aromatic heterocycles. The molecule has 30 heavy (non-hydrogen) atoms. The van der Waals surface area contributed by atoms with Crippen LogP contribution in [0.2, 0.25) is 0 Å². The summed E-state index contributed by atoms with van der Waals surface area (Å²) in [6.07, 6.45) is 0.579. The summed E-state index contributed by atoms with van der Waals surface area (Å²) >= 11 is 0. The lowest BCUT2D eigenvalue weighted by atomic mass is 9.77. The van der Waals surface area contributed by atoms with Crippen LogP contribution in [0.15, 0.2) is 42.5 Å². The molecule has 0 saturated heterocycles. The molecule has 1 fully saturated rings. The summed E-state index contributed by atoms with van der Waals surface area (Å²) in [7, 11) is 1.64. The molecule has 2 aromatic carbocycles. The first-order chi connectivity index (χ1) is 14.4. The van der Waals surface area contributed by atoms with Crippen LogP contribution >= 0.6 is 0 Å². The topological polar surface area (TPSA) is 9.23 Å². The third-order valence-electron chi connectivity index (χ3n) is 6.25. The largest absolute Gasteiger partial charge is 0.389 e. The fraction of sp³-hybridized carbons (Fsp3) is 0.520. The van der Waals surface area contributed by atoms with Gasteiger partial charge in [-0.2, -0.15) is 13.2 Å². The van der Waals surface area contributed by atoms with Crippen LogP contribution < -0.4 is 0 Å². The van der Waals surface area contributed by atoms with E-state index in [1.54, 1.807) is 13.2 Å². The van der Waals surface area contributed by atoms with Gasteiger partial charge in [-0.1, -0.05) is 36.4 Å². The molecule has 0 N–H and O–H groups in total. The third kappa shape index (κ3) is 6.56. The molecule has 0 unspecified atom stereocenters. The molecule has 0 aliphatic heterocycles. The number of methoxy groups -OCH3 is 1. The molecule has 0 amide bonds. The highest BCUT2D eigenvalue weighted by atomic mass is 19.4. The lowest BCUT2D eigenvalue weighted by Gasteiger charge is -2.29. The highest BCUT2D eigenvalue weighted by Gasteiger charge is 2.30. The maximum absolute atomic E-state index is 14.4. The van der Waals surface area contributed by atoms with Crippen molar-refractivity contribution >= 4 is 0 Å². The average molecular weight is 423 g/mol. The highest BCUT2D eigenvalue weighted by Crippen LogP contribution is 2.39. The zero-order valence-electron chi connectivity index (χ0n) is 17.5. The van der Waals surface area contributed by atoms with E-state index in [0.717, 1.165) is 43.2 Å². The molecule has 5 heteroatoms. The van der Waals surface area contributed by atoms with Gasteiger partial charge in [0.2, 0.25) is 0 Å². The van der Waals surface area contributed by atoms with E-state index in [0.29, 0.717) is 24.5 Å². The number of hydrogen-bond acceptors (Lipinski definition) is 1. The molecule has 0 spiro atoms. The van der Waals surface area contributed by atoms with Crippen LogP contribution in [0.25, 0.3) is 11.1 Å². The normalized spacial score (nSPS) is 19.8. The van der Waals surface area contributed by atoms with Crippen molar-refractivity contribution < 1.29 is 22.3 Å². The van der Waals surface area contributed by atoms with E-state index >= 15 is 0 Å². The second kappa shape index (κ2) is 10.4. The molecular formula is C25H30F4O. The Labute approximate surface area is 176 Å². The van der Waals surface area contributed by atoms with Gasteiger partial charge in [0.05, 0.1) is 0 Å². The molecule has 1 saturated carbocycles. The van der Waals surface area contributed by atoms with Crippen LogP contribution in [0.5, 0.6) is 0 Å². The standard InChI is InChI=1S/C25H30F4O/c1-30-16-2-3-22-12-13-23(17-24(22)26)21-10-8-20(9-11-21)19-6-4-18(5-7-19)14-15-25(27,28)29/h8-13,17-19H,2-7,14-16H2,1H3. The summed E-state index contributed by atoms with van der Waals surface area (Å²) in [4.78, 5) is 0. The van der Waals surface area contributed by atoms with Crippen LogP contribution in [0.1, 0.15) is 62.0 Å². The van der Waals surface area contributed by atoms with Crippen LogP contribution in [0.3, 0.4) is 0 Å². The number of ether oxygens (including phenoxy) is 1. The molecule has 0 atom stereocenters. The van der Waals surface area contributed by atoms with Gasteiger partial charge in [-0.3, -0.25) is 0 Å². The van der Waals surface area contributed by atoms with Crippen LogP contribution in [0, 0.1) is 11.7 Å². The first-order valence-electron chi connectivity index (χ1n) is 10.8. The lowest BCUT2D eigenvalue weighted by Crippen LogP contribution is -2.16. The number of rotatable bonds is 8. The summed E-state index contributed by atoms with van der Waals surface area (Å²) in [6.45, 7) is 0.618. The molecule has 1 aliphatic rings. The maximum Gasteiger partial charge on any atom is 0.389 e. The number of alkyl halides is 3. The van der Waals surface area contributed by atoms with Gasteiger partial charge in [0, 0.05) is 20.1 Å². The fourth-order valence-electron chi connectivity index (χ4n) is 4.44. The van der Waals surface area contributed by atoms with Crippen molar-refractivity contribution in [1.29, 1.82) is 0 Å². The van der Waals surface area contributed by atoms with Crippen molar-refractivity contribution in [2.75, 3.05) is 13.7 Å². The van der Waals surface area contributed by atoms with E-state index in [1.807, 2.05) is 24.3 Å². The minimum absolute atomic E-state index is 0.188. The average Bonchev–Trinajstić information content (AvgIpc) is 2.73. The van der Waals surface area contributed by atoms with Crippen LogP contribution in [-0.4, -0.2) is 19.9 Å². The number of aryl methyl sites for hydroxylation is 1. The fourth-order valence-corrected chi connectivity index (χ4v) is 4.44. The van der Waals surface area contributed by atoms with E-state index in [4.69, 9.17) is 4.74 Å². The SMILES string of the molecule is COCCCc1ccc(-c2ccc(C3CCC(CCC(F)(F)F)CC3)cc2)cc1F. The summed E-state index contributed by atoms with van der Waals surface area (Å²) in [6, 6.07) is 13.6. The van der Waals surface area contributed by atoms with Gasteiger partial charge in [-0.25, -0.2) is 4.39 Å². The van der Waals surface area contributed by atoms with Crippen molar-refractivity contribution in [3.63, 3.8) is 0 Å². The maximum atomic E-state index is 14.4. The Bertz CT molecular complexity index is 790. The van der Waals surface area contributed by atoms with Crippen molar-refractivity contribution in [2.24, 2.45) is 5.92 Å². The van der Waals surface area contributed by atoms with E-state index < -0.39 is 12.6 Å². The van der Waals surface area contributed by atoms with Gasteiger partial charge in [-0.15, -0.1) is 0 Å².